The molecule has 18 heavy (non-hydrogen) atoms. The van der Waals surface area contributed by atoms with Crippen LogP contribution in [0.25, 0.3) is 0 Å². The van der Waals surface area contributed by atoms with Crippen LogP contribution in [0.5, 0.6) is 0 Å². The van der Waals surface area contributed by atoms with Crippen LogP contribution in [-0.4, -0.2) is 43.7 Å². The van der Waals surface area contributed by atoms with Gasteiger partial charge >= 0.3 is 0 Å². The molecule has 0 spiro atoms. The summed E-state index contributed by atoms with van der Waals surface area (Å²) in [5.41, 5.74) is 7.37. The quantitative estimate of drug-likeness (QED) is 0.866. The predicted molar refractivity (Wildman–Crippen MR) is 70.5 cm³/mol. The number of hydrogen-bond donors (Lipinski definition) is 1. The van der Waals surface area contributed by atoms with Gasteiger partial charge in [-0.3, -0.25) is 4.79 Å². The van der Waals surface area contributed by atoms with Gasteiger partial charge in [-0.1, -0.05) is 18.2 Å². The van der Waals surface area contributed by atoms with E-state index in [0.29, 0.717) is 13.2 Å². The van der Waals surface area contributed by atoms with Crippen molar-refractivity contribution in [3.63, 3.8) is 0 Å². The molecule has 1 aliphatic heterocycles. The summed E-state index contributed by atoms with van der Waals surface area (Å²) in [6.07, 6.45) is 1.65. The normalized spacial score (nSPS) is 18.9. The van der Waals surface area contributed by atoms with Crippen LogP contribution in [0, 0.1) is 0 Å². The molecular weight excluding hydrogens is 228 g/mol. The van der Waals surface area contributed by atoms with Crippen LogP contribution in [0.4, 0.5) is 0 Å². The fourth-order valence-electron chi connectivity index (χ4n) is 2.29. The van der Waals surface area contributed by atoms with Crippen molar-refractivity contribution in [1.29, 1.82) is 0 Å². The first kappa shape index (κ1) is 13.1. The van der Waals surface area contributed by atoms with Gasteiger partial charge in [0.25, 0.3) is 5.91 Å². The lowest BCUT2D eigenvalue weighted by Gasteiger charge is -2.24. The van der Waals surface area contributed by atoms with Gasteiger partial charge in [-0.25, -0.2) is 0 Å². The standard InChI is InChI=1S/C14H20N2O2/c1-16(12-7-9-18-10-12)14(17)13-5-3-2-4-11(13)6-8-15/h2-5,12H,6-10,15H2,1H3. The number of likely N-dealkylation sites (N-methyl/N-ethyl adjacent to an activating group) is 1. The molecule has 1 saturated heterocycles. The predicted octanol–water partition coefficient (Wildman–Crippen LogP) is 1.05. The third-order valence-corrected chi connectivity index (χ3v) is 3.44. The van der Waals surface area contributed by atoms with Gasteiger partial charge in [0.1, 0.15) is 0 Å². The minimum Gasteiger partial charge on any atom is -0.379 e. The highest BCUT2D eigenvalue weighted by Crippen LogP contribution is 2.17. The van der Waals surface area contributed by atoms with Crippen molar-refractivity contribution >= 4 is 5.91 Å². The molecule has 1 unspecified atom stereocenters. The topological polar surface area (TPSA) is 55.6 Å². The summed E-state index contributed by atoms with van der Waals surface area (Å²) in [6, 6.07) is 7.88. The Hall–Kier alpha value is -1.39. The number of ether oxygens (including phenoxy) is 1. The molecule has 0 aliphatic carbocycles. The average molecular weight is 248 g/mol. The van der Waals surface area contributed by atoms with Gasteiger partial charge in [-0.15, -0.1) is 0 Å². The molecule has 0 aromatic heterocycles. The molecule has 0 bridgehead atoms. The maximum atomic E-state index is 12.5. The first-order chi connectivity index (χ1) is 8.74. The molecular formula is C14H20N2O2. The summed E-state index contributed by atoms with van der Waals surface area (Å²) in [5.74, 6) is 0.0644. The van der Waals surface area contributed by atoms with Crippen molar-refractivity contribution in [2.45, 2.75) is 18.9 Å². The fraction of sp³-hybridized carbons (Fsp3) is 0.500. The van der Waals surface area contributed by atoms with Crippen LogP contribution in [-0.2, 0) is 11.2 Å². The van der Waals surface area contributed by atoms with E-state index in [0.717, 1.165) is 30.6 Å². The van der Waals surface area contributed by atoms with Crippen molar-refractivity contribution in [2.24, 2.45) is 5.73 Å². The highest BCUT2D eigenvalue weighted by atomic mass is 16.5. The van der Waals surface area contributed by atoms with Gasteiger partial charge in [-0.2, -0.15) is 0 Å². The van der Waals surface area contributed by atoms with Gasteiger partial charge < -0.3 is 15.4 Å². The second-order valence-corrected chi connectivity index (χ2v) is 4.63. The number of carbonyl (C=O) groups excluding carboxylic acids is 1. The van der Waals surface area contributed by atoms with Gasteiger partial charge in [-0.05, 0) is 31.0 Å². The second kappa shape index (κ2) is 5.98. The lowest BCUT2D eigenvalue weighted by atomic mass is 10.0. The number of rotatable bonds is 4. The number of nitrogens with two attached hydrogens (primary N) is 1. The molecule has 1 aromatic carbocycles. The van der Waals surface area contributed by atoms with E-state index in [1.807, 2.05) is 31.3 Å². The van der Waals surface area contributed by atoms with Crippen LogP contribution in [0.3, 0.4) is 0 Å². The Morgan fingerprint density at radius 2 is 2.28 bits per heavy atom. The molecule has 1 fully saturated rings. The molecule has 1 aliphatic rings. The maximum absolute atomic E-state index is 12.5. The zero-order valence-electron chi connectivity index (χ0n) is 10.8. The summed E-state index contributed by atoms with van der Waals surface area (Å²) in [4.78, 5) is 14.3. The van der Waals surface area contributed by atoms with Crippen LogP contribution in [0.15, 0.2) is 24.3 Å². The Balaban J connectivity index is 2.16. The molecule has 1 heterocycles. The first-order valence-electron chi connectivity index (χ1n) is 6.37. The molecule has 1 amide bonds. The average Bonchev–Trinajstić information content (AvgIpc) is 2.92. The molecule has 98 valence electrons. The van der Waals surface area contributed by atoms with E-state index < -0.39 is 0 Å². The first-order valence-corrected chi connectivity index (χ1v) is 6.37. The van der Waals surface area contributed by atoms with Gasteiger partial charge in [0, 0.05) is 19.2 Å². The van der Waals surface area contributed by atoms with Gasteiger partial charge in [0.05, 0.1) is 12.6 Å². The molecule has 4 heteroatoms. The number of nitrogens with zero attached hydrogens (tertiary/aromatic N) is 1. The monoisotopic (exact) mass is 248 g/mol. The third-order valence-electron chi connectivity index (χ3n) is 3.44. The highest BCUT2D eigenvalue weighted by Gasteiger charge is 2.25. The Labute approximate surface area is 108 Å². The Morgan fingerprint density at radius 3 is 2.94 bits per heavy atom. The number of hydrogen-bond acceptors (Lipinski definition) is 3. The summed E-state index contributed by atoms with van der Waals surface area (Å²) < 4.78 is 5.33. The Morgan fingerprint density at radius 1 is 1.50 bits per heavy atom. The lowest BCUT2D eigenvalue weighted by molar-refractivity contribution is 0.0710. The lowest BCUT2D eigenvalue weighted by Crippen LogP contribution is -2.37. The van der Waals surface area contributed by atoms with E-state index in [2.05, 4.69) is 0 Å². The van der Waals surface area contributed by atoms with Crippen LogP contribution in [0.1, 0.15) is 22.3 Å². The smallest absolute Gasteiger partial charge is 0.254 e. The number of carbonyl (C=O) groups is 1. The van der Waals surface area contributed by atoms with E-state index in [-0.39, 0.29) is 11.9 Å². The zero-order valence-corrected chi connectivity index (χ0v) is 10.8. The molecule has 2 N–H and O–H groups in total. The largest absolute Gasteiger partial charge is 0.379 e. The number of benzene rings is 1. The summed E-state index contributed by atoms with van der Waals surface area (Å²) in [6.45, 7) is 1.94. The van der Waals surface area contributed by atoms with Crippen molar-refractivity contribution in [3.8, 4) is 0 Å². The van der Waals surface area contributed by atoms with Crippen LogP contribution in [0.2, 0.25) is 0 Å². The second-order valence-electron chi connectivity index (χ2n) is 4.63. The summed E-state index contributed by atoms with van der Waals surface area (Å²) in [5, 5.41) is 0. The summed E-state index contributed by atoms with van der Waals surface area (Å²) >= 11 is 0. The van der Waals surface area contributed by atoms with Crippen LogP contribution >= 0.6 is 0 Å². The van der Waals surface area contributed by atoms with E-state index in [1.54, 1.807) is 4.90 Å². The van der Waals surface area contributed by atoms with Crippen LogP contribution < -0.4 is 5.73 Å². The minimum absolute atomic E-state index is 0.0644. The van der Waals surface area contributed by atoms with E-state index in [1.165, 1.54) is 0 Å². The van der Waals surface area contributed by atoms with Crippen molar-refractivity contribution < 1.29 is 9.53 Å². The van der Waals surface area contributed by atoms with Gasteiger partial charge in [0.15, 0.2) is 0 Å². The molecule has 1 aromatic rings. The molecule has 2 rings (SSSR count). The van der Waals surface area contributed by atoms with Gasteiger partial charge in [0.2, 0.25) is 0 Å². The molecule has 0 radical (unpaired) electrons. The molecule has 0 saturated carbocycles. The van der Waals surface area contributed by atoms with Crippen molar-refractivity contribution in [1.82, 2.24) is 4.90 Å². The maximum Gasteiger partial charge on any atom is 0.254 e. The zero-order chi connectivity index (χ0) is 13.0. The van der Waals surface area contributed by atoms with Crippen molar-refractivity contribution in [3.05, 3.63) is 35.4 Å². The van der Waals surface area contributed by atoms with E-state index in [4.69, 9.17) is 10.5 Å². The van der Waals surface area contributed by atoms with E-state index >= 15 is 0 Å². The SMILES string of the molecule is CN(C(=O)c1ccccc1CCN)C1CCOC1. The Bertz CT molecular complexity index is 414. The Kier molecular flexibility index (Phi) is 4.33. The minimum atomic E-state index is 0.0644. The molecule has 1 atom stereocenters. The third kappa shape index (κ3) is 2.71. The number of amides is 1. The summed E-state index contributed by atoms with van der Waals surface area (Å²) in [7, 11) is 1.85. The molecule has 4 nitrogen and oxygen atoms in total. The van der Waals surface area contributed by atoms with E-state index in [9.17, 15) is 4.79 Å². The van der Waals surface area contributed by atoms with Crippen molar-refractivity contribution in [2.75, 3.05) is 26.8 Å². The highest BCUT2D eigenvalue weighted by molar-refractivity contribution is 5.95. The fourth-order valence-corrected chi connectivity index (χ4v) is 2.29.